The van der Waals surface area contributed by atoms with Crippen LogP contribution in [0.15, 0.2) is 42.5 Å². The van der Waals surface area contributed by atoms with Crippen LogP contribution in [0.1, 0.15) is 33.6 Å². The average Bonchev–Trinajstić information content (AvgIpc) is 3.35. The Labute approximate surface area is 179 Å². The molecule has 2 aliphatic heterocycles. The van der Waals surface area contributed by atoms with Gasteiger partial charge in [0.15, 0.2) is 0 Å². The standard InChI is InChI=1S/C22H22N4O5/c1-25-20(28)16-10-7-14(12-17(16)21(25)29)24-22(30)26-11-3-4-18(26)19(27)23-13-5-8-15(31-2)9-6-13/h5-10,12,18H,3-4,11H2,1-2H3,(H,23,27)(H,24,30). The first-order chi connectivity index (χ1) is 14.9. The van der Waals surface area contributed by atoms with Crippen LogP contribution in [0.5, 0.6) is 5.75 Å². The fourth-order valence-electron chi connectivity index (χ4n) is 3.82. The number of fused-ring (bicyclic) bond motifs is 1. The number of anilines is 2. The highest BCUT2D eigenvalue weighted by Gasteiger charge is 2.35. The first kappa shape index (κ1) is 20.4. The zero-order valence-electron chi connectivity index (χ0n) is 17.2. The van der Waals surface area contributed by atoms with Crippen molar-refractivity contribution < 1.29 is 23.9 Å². The summed E-state index contributed by atoms with van der Waals surface area (Å²) in [5.41, 5.74) is 1.56. The number of nitrogens with zero attached hydrogens (tertiary/aromatic N) is 2. The topological polar surface area (TPSA) is 108 Å². The Hall–Kier alpha value is -3.88. The SMILES string of the molecule is COc1ccc(NC(=O)C2CCCN2C(=O)Nc2ccc3c(c2)C(=O)N(C)C3=O)cc1. The third kappa shape index (κ3) is 3.81. The molecule has 160 valence electrons. The summed E-state index contributed by atoms with van der Waals surface area (Å²) in [4.78, 5) is 52.3. The molecule has 2 aliphatic rings. The van der Waals surface area contributed by atoms with E-state index >= 15 is 0 Å². The van der Waals surface area contributed by atoms with Crippen molar-refractivity contribution in [1.29, 1.82) is 0 Å². The lowest BCUT2D eigenvalue weighted by atomic mass is 10.1. The Balaban J connectivity index is 1.44. The Morgan fingerprint density at radius 3 is 2.35 bits per heavy atom. The fraction of sp³-hybridized carbons (Fsp3) is 0.273. The van der Waals surface area contributed by atoms with Gasteiger partial charge in [-0.05, 0) is 55.3 Å². The second-order valence-electron chi connectivity index (χ2n) is 7.43. The van der Waals surface area contributed by atoms with E-state index in [1.807, 2.05) is 0 Å². The third-order valence-electron chi connectivity index (χ3n) is 5.51. The number of hydrogen-bond acceptors (Lipinski definition) is 5. The van der Waals surface area contributed by atoms with Crippen LogP contribution in [-0.4, -0.2) is 60.3 Å². The number of likely N-dealkylation sites (tertiary alicyclic amines) is 1. The number of carbonyl (C=O) groups excluding carboxylic acids is 4. The minimum Gasteiger partial charge on any atom is -0.497 e. The molecule has 0 aromatic heterocycles. The number of hydrogen-bond donors (Lipinski definition) is 2. The molecule has 31 heavy (non-hydrogen) atoms. The number of methoxy groups -OCH3 is 1. The quantitative estimate of drug-likeness (QED) is 0.737. The molecule has 1 fully saturated rings. The molecule has 2 aromatic carbocycles. The summed E-state index contributed by atoms with van der Waals surface area (Å²) in [6.07, 6.45) is 1.26. The zero-order chi connectivity index (χ0) is 22.1. The predicted octanol–water partition coefficient (Wildman–Crippen LogP) is 2.56. The van der Waals surface area contributed by atoms with E-state index in [1.165, 1.54) is 24.1 Å². The molecule has 1 unspecified atom stereocenters. The number of amides is 5. The predicted molar refractivity (Wildman–Crippen MR) is 113 cm³/mol. The normalized spacial score (nSPS) is 17.5. The van der Waals surface area contributed by atoms with Crippen molar-refractivity contribution in [1.82, 2.24) is 9.80 Å². The number of carbonyl (C=O) groups is 4. The lowest BCUT2D eigenvalue weighted by Gasteiger charge is -2.24. The molecule has 2 heterocycles. The Kier molecular flexibility index (Phi) is 5.33. The molecule has 1 atom stereocenters. The van der Waals surface area contributed by atoms with Crippen molar-refractivity contribution >= 4 is 35.1 Å². The van der Waals surface area contributed by atoms with Crippen LogP contribution in [0, 0.1) is 0 Å². The highest BCUT2D eigenvalue weighted by Crippen LogP contribution is 2.26. The van der Waals surface area contributed by atoms with E-state index in [4.69, 9.17) is 4.74 Å². The van der Waals surface area contributed by atoms with E-state index in [0.29, 0.717) is 42.1 Å². The second kappa shape index (κ2) is 8.10. The van der Waals surface area contributed by atoms with E-state index < -0.39 is 18.0 Å². The zero-order valence-corrected chi connectivity index (χ0v) is 17.2. The molecule has 0 saturated carbocycles. The van der Waals surface area contributed by atoms with Crippen molar-refractivity contribution in [3.63, 3.8) is 0 Å². The first-order valence-corrected chi connectivity index (χ1v) is 9.88. The summed E-state index contributed by atoms with van der Waals surface area (Å²) in [5.74, 6) is -0.364. The molecule has 0 spiro atoms. The summed E-state index contributed by atoms with van der Waals surface area (Å²) < 4.78 is 5.11. The molecule has 0 radical (unpaired) electrons. The summed E-state index contributed by atoms with van der Waals surface area (Å²) in [6, 6.07) is 10.5. The van der Waals surface area contributed by atoms with E-state index in [0.717, 1.165) is 4.90 Å². The number of rotatable bonds is 4. The molecule has 5 amide bonds. The average molecular weight is 422 g/mol. The lowest BCUT2D eigenvalue weighted by Crippen LogP contribution is -2.45. The van der Waals surface area contributed by atoms with Crippen molar-refractivity contribution in [3.8, 4) is 5.75 Å². The van der Waals surface area contributed by atoms with Crippen LogP contribution >= 0.6 is 0 Å². The number of nitrogens with one attached hydrogen (secondary N) is 2. The Morgan fingerprint density at radius 2 is 1.65 bits per heavy atom. The summed E-state index contributed by atoms with van der Waals surface area (Å²) in [6.45, 7) is 0.442. The molecule has 1 saturated heterocycles. The fourth-order valence-corrected chi connectivity index (χ4v) is 3.82. The molecule has 2 N–H and O–H groups in total. The van der Waals surface area contributed by atoms with Crippen LogP contribution in [0.2, 0.25) is 0 Å². The van der Waals surface area contributed by atoms with Gasteiger partial charge in [0.1, 0.15) is 11.8 Å². The summed E-state index contributed by atoms with van der Waals surface area (Å²) >= 11 is 0. The van der Waals surface area contributed by atoms with E-state index in [9.17, 15) is 19.2 Å². The van der Waals surface area contributed by atoms with Gasteiger partial charge in [-0.2, -0.15) is 0 Å². The first-order valence-electron chi connectivity index (χ1n) is 9.88. The molecule has 0 bridgehead atoms. The van der Waals surface area contributed by atoms with Gasteiger partial charge < -0.3 is 20.3 Å². The van der Waals surface area contributed by atoms with E-state index in [2.05, 4.69) is 10.6 Å². The highest BCUT2D eigenvalue weighted by atomic mass is 16.5. The van der Waals surface area contributed by atoms with Gasteiger partial charge in [-0.15, -0.1) is 0 Å². The van der Waals surface area contributed by atoms with Gasteiger partial charge in [0.25, 0.3) is 11.8 Å². The summed E-state index contributed by atoms with van der Waals surface area (Å²) in [7, 11) is 2.98. The minimum absolute atomic E-state index is 0.250. The number of benzene rings is 2. The van der Waals surface area contributed by atoms with Gasteiger partial charge in [0.05, 0.1) is 18.2 Å². The van der Waals surface area contributed by atoms with Gasteiger partial charge in [0, 0.05) is 25.0 Å². The largest absolute Gasteiger partial charge is 0.497 e. The second-order valence-corrected chi connectivity index (χ2v) is 7.43. The van der Waals surface area contributed by atoms with Gasteiger partial charge in [0.2, 0.25) is 5.91 Å². The van der Waals surface area contributed by atoms with Crippen LogP contribution in [0.4, 0.5) is 16.2 Å². The van der Waals surface area contributed by atoms with E-state index in [1.54, 1.807) is 37.4 Å². The summed E-state index contributed by atoms with van der Waals surface area (Å²) in [5, 5.41) is 5.57. The van der Waals surface area contributed by atoms with Crippen LogP contribution < -0.4 is 15.4 Å². The van der Waals surface area contributed by atoms with Crippen LogP contribution in [-0.2, 0) is 4.79 Å². The minimum atomic E-state index is -0.606. The maximum Gasteiger partial charge on any atom is 0.322 e. The van der Waals surface area contributed by atoms with Gasteiger partial charge >= 0.3 is 6.03 Å². The molecule has 9 nitrogen and oxygen atoms in total. The number of imide groups is 1. The van der Waals surface area contributed by atoms with Gasteiger partial charge in [-0.1, -0.05) is 0 Å². The van der Waals surface area contributed by atoms with Gasteiger partial charge in [-0.3, -0.25) is 19.3 Å². The smallest absolute Gasteiger partial charge is 0.322 e. The molecule has 0 aliphatic carbocycles. The molecule has 9 heteroatoms. The number of urea groups is 1. The van der Waals surface area contributed by atoms with Crippen molar-refractivity contribution in [2.24, 2.45) is 0 Å². The lowest BCUT2D eigenvalue weighted by molar-refractivity contribution is -0.119. The maximum absolute atomic E-state index is 12.8. The van der Waals surface area contributed by atoms with Crippen LogP contribution in [0.3, 0.4) is 0 Å². The van der Waals surface area contributed by atoms with Crippen LogP contribution in [0.25, 0.3) is 0 Å². The maximum atomic E-state index is 12.8. The third-order valence-corrected chi connectivity index (χ3v) is 5.51. The monoisotopic (exact) mass is 422 g/mol. The van der Waals surface area contributed by atoms with E-state index in [-0.39, 0.29) is 17.4 Å². The Bertz CT molecular complexity index is 1070. The molecule has 4 rings (SSSR count). The number of ether oxygens (including phenoxy) is 1. The Morgan fingerprint density at radius 1 is 0.968 bits per heavy atom. The van der Waals surface area contributed by atoms with Gasteiger partial charge in [-0.25, -0.2) is 4.79 Å². The molecular weight excluding hydrogens is 400 g/mol. The van der Waals surface area contributed by atoms with Crippen molar-refractivity contribution in [3.05, 3.63) is 53.6 Å². The molecule has 2 aromatic rings. The van der Waals surface area contributed by atoms with Crippen molar-refractivity contribution in [2.45, 2.75) is 18.9 Å². The van der Waals surface area contributed by atoms with Crippen molar-refractivity contribution in [2.75, 3.05) is 31.3 Å². The highest BCUT2D eigenvalue weighted by molar-refractivity contribution is 6.21. The molecular formula is C22H22N4O5.